The molecule has 10 nitrogen and oxygen atoms in total. The molecule has 1 N–H and O–H groups in total. The lowest BCUT2D eigenvalue weighted by molar-refractivity contribution is -0.394. The van der Waals surface area contributed by atoms with E-state index in [1.807, 2.05) is 0 Å². The highest BCUT2D eigenvalue weighted by Crippen LogP contribution is 2.47. The lowest BCUT2D eigenvalue weighted by Crippen LogP contribution is -2.12. The number of rotatable bonds is 5. The summed E-state index contributed by atoms with van der Waals surface area (Å²) in [4.78, 5) is 30.0. The van der Waals surface area contributed by atoms with E-state index in [-0.39, 0.29) is 21.8 Å². The first kappa shape index (κ1) is 22.3. The normalized spacial score (nSPS) is 11.2. The molecule has 0 aliphatic rings. The van der Waals surface area contributed by atoms with Crippen LogP contribution in [0.2, 0.25) is 5.02 Å². The highest BCUT2D eigenvalue weighted by Gasteiger charge is 2.40. The SMILES string of the molecule is Cc1c([N+](=O)[O-])cc(Cl)c(Nc2c([N+](=O)[O-])cc([N+](=O)[O-])cc2C(F)(F)F)c1Br. The van der Waals surface area contributed by atoms with E-state index in [1.165, 1.54) is 6.92 Å². The van der Waals surface area contributed by atoms with Gasteiger partial charge in [0.15, 0.2) is 0 Å². The summed E-state index contributed by atoms with van der Waals surface area (Å²) < 4.78 is 40.3. The lowest BCUT2D eigenvalue weighted by Gasteiger charge is -2.17. The van der Waals surface area contributed by atoms with Crippen molar-refractivity contribution < 1.29 is 27.9 Å². The van der Waals surface area contributed by atoms with Crippen molar-refractivity contribution in [3.63, 3.8) is 0 Å². The van der Waals surface area contributed by atoms with Crippen LogP contribution in [-0.4, -0.2) is 14.8 Å². The third-order valence-electron chi connectivity index (χ3n) is 3.70. The zero-order valence-electron chi connectivity index (χ0n) is 13.9. The average molecular weight is 500 g/mol. The summed E-state index contributed by atoms with van der Waals surface area (Å²) in [6.45, 7) is 1.28. The van der Waals surface area contributed by atoms with Crippen LogP contribution in [0.4, 0.5) is 41.6 Å². The summed E-state index contributed by atoms with van der Waals surface area (Å²) in [5.74, 6) is 0. The predicted octanol–water partition coefficient (Wildman–Crippen LogP) is 5.90. The minimum Gasteiger partial charge on any atom is -0.347 e. The van der Waals surface area contributed by atoms with Gasteiger partial charge in [-0.25, -0.2) is 0 Å². The second-order valence-corrected chi connectivity index (χ2v) is 6.67. The Bertz CT molecular complexity index is 1060. The van der Waals surface area contributed by atoms with E-state index in [0.717, 1.165) is 6.07 Å². The summed E-state index contributed by atoms with van der Waals surface area (Å²) >= 11 is 8.90. The van der Waals surface area contributed by atoms with Crippen molar-refractivity contribution in [2.24, 2.45) is 0 Å². The average Bonchev–Trinajstić information content (AvgIpc) is 2.59. The second-order valence-electron chi connectivity index (χ2n) is 5.47. The molecule has 2 aromatic carbocycles. The van der Waals surface area contributed by atoms with Gasteiger partial charge in [0.25, 0.3) is 17.1 Å². The number of nitrogens with one attached hydrogen (secondary N) is 1. The molecule has 0 aliphatic carbocycles. The summed E-state index contributed by atoms with van der Waals surface area (Å²) in [5, 5.41) is 34.9. The van der Waals surface area contributed by atoms with Crippen LogP contribution in [0.3, 0.4) is 0 Å². The van der Waals surface area contributed by atoms with Crippen molar-refractivity contribution >= 4 is 56.0 Å². The fraction of sp³-hybridized carbons (Fsp3) is 0.143. The van der Waals surface area contributed by atoms with E-state index in [1.54, 1.807) is 0 Å². The minimum atomic E-state index is -5.20. The van der Waals surface area contributed by atoms with Crippen LogP contribution >= 0.6 is 27.5 Å². The van der Waals surface area contributed by atoms with Crippen molar-refractivity contribution in [2.45, 2.75) is 13.1 Å². The number of nitro benzene ring substituents is 3. The summed E-state index contributed by atoms with van der Waals surface area (Å²) in [5.41, 5.74) is -5.94. The van der Waals surface area contributed by atoms with Crippen molar-refractivity contribution in [3.8, 4) is 0 Å². The van der Waals surface area contributed by atoms with E-state index in [2.05, 4.69) is 21.2 Å². The van der Waals surface area contributed by atoms with Crippen LogP contribution in [0.25, 0.3) is 0 Å². The van der Waals surface area contributed by atoms with Crippen molar-refractivity contribution in [1.82, 2.24) is 0 Å². The van der Waals surface area contributed by atoms with Gasteiger partial charge in [-0.15, -0.1) is 0 Å². The lowest BCUT2D eigenvalue weighted by atomic mass is 10.1. The highest BCUT2D eigenvalue weighted by atomic mass is 79.9. The number of anilines is 2. The number of hydrogen-bond acceptors (Lipinski definition) is 7. The van der Waals surface area contributed by atoms with Gasteiger partial charge in [-0.3, -0.25) is 30.3 Å². The van der Waals surface area contributed by atoms with Gasteiger partial charge >= 0.3 is 6.18 Å². The van der Waals surface area contributed by atoms with Crippen LogP contribution in [0.15, 0.2) is 22.7 Å². The van der Waals surface area contributed by atoms with Crippen LogP contribution in [-0.2, 0) is 6.18 Å². The molecular formula is C14H7BrClF3N4O6. The maximum absolute atomic E-state index is 13.5. The third kappa shape index (κ3) is 4.37. The molecule has 0 saturated carbocycles. The van der Waals surface area contributed by atoms with E-state index in [4.69, 9.17) is 11.6 Å². The Morgan fingerprint density at radius 2 is 1.52 bits per heavy atom. The van der Waals surface area contributed by atoms with Gasteiger partial charge in [-0.05, 0) is 22.9 Å². The molecule has 0 amide bonds. The van der Waals surface area contributed by atoms with E-state index >= 15 is 0 Å². The molecule has 0 fully saturated rings. The molecular weight excluding hydrogens is 493 g/mol. The number of nitrogens with zero attached hydrogens (tertiary/aromatic N) is 3. The molecule has 154 valence electrons. The standard InChI is InChI=1S/C14H7BrClF3N4O6/c1-5-9(22(26)27)4-8(16)13(11(5)15)20-12-7(14(17,18)19)2-6(21(24)25)3-10(12)23(28)29/h2-4,20H,1H3. The van der Waals surface area contributed by atoms with Gasteiger partial charge < -0.3 is 5.32 Å². The largest absolute Gasteiger partial charge is 0.418 e. The van der Waals surface area contributed by atoms with Gasteiger partial charge in [0, 0.05) is 17.7 Å². The quantitative estimate of drug-likeness (QED) is 0.399. The molecule has 2 aromatic rings. The smallest absolute Gasteiger partial charge is 0.347 e. The summed E-state index contributed by atoms with van der Waals surface area (Å²) in [6, 6.07) is 1.35. The predicted molar refractivity (Wildman–Crippen MR) is 98.6 cm³/mol. The maximum atomic E-state index is 13.5. The first-order valence-electron chi connectivity index (χ1n) is 7.19. The minimum absolute atomic E-state index is 0.0139. The maximum Gasteiger partial charge on any atom is 0.418 e. The fourth-order valence-electron chi connectivity index (χ4n) is 2.35. The van der Waals surface area contributed by atoms with E-state index in [0.29, 0.717) is 6.07 Å². The van der Waals surface area contributed by atoms with Crippen LogP contribution in [0.5, 0.6) is 0 Å². The van der Waals surface area contributed by atoms with Gasteiger partial charge in [-0.2, -0.15) is 13.2 Å². The van der Waals surface area contributed by atoms with E-state index < -0.39 is 54.3 Å². The Kier molecular flexibility index (Phi) is 5.99. The van der Waals surface area contributed by atoms with Gasteiger partial charge in [0.05, 0.1) is 41.6 Å². The van der Waals surface area contributed by atoms with Crippen LogP contribution in [0.1, 0.15) is 11.1 Å². The molecule has 0 radical (unpaired) electrons. The van der Waals surface area contributed by atoms with Crippen LogP contribution in [0, 0.1) is 37.3 Å². The Morgan fingerprint density at radius 1 is 0.966 bits per heavy atom. The second kappa shape index (κ2) is 7.79. The first-order valence-corrected chi connectivity index (χ1v) is 8.36. The molecule has 0 saturated heterocycles. The number of benzene rings is 2. The van der Waals surface area contributed by atoms with E-state index in [9.17, 15) is 43.5 Å². The van der Waals surface area contributed by atoms with Crippen molar-refractivity contribution in [1.29, 1.82) is 0 Å². The number of hydrogen-bond donors (Lipinski definition) is 1. The highest BCUT2D eigenvalue weighted by molar-refractivity contribution is 9.10. The van der Waals surface area contributed by atoms with Crippen molar-refractivity contribution in [2.75, 3.05) is 5.32 Å². The Morgan fingerprint density at radius 3 is 1.97 bits per heavy atom. The molecule has 15 heteroatoms. The first-order chi connectivity index (χ1) is 13.3. The Hall–Kier alpha value is -3.00. The molecule has 0 aromatic heterocycles. The van der Waals surface area contributed by atoms with Gasteiger partial charge in [0.1, 0.15) is 5.69 Å². The summed E-state index contributed by atoms with van der Waals surface area (Å²) in [6.07, 6.45) is -5.20. The van der Waals surface area contributed by atoms with Crippen LogP contribution < -0.4 is 5.32 Å². The molecule has 0 unspecified atom stereocenters. The molecule has 0 aliphatic heterocycles. The molecule has 29 heavy (non-hydrogen) atoms. The van der Waals surface area contributed by atoms with Gasteiger partial charge in [0.2, 0.25) is 0 Å². The zero-order chi connectivity index (χ0) is 22.3. The summed E-state index contributed by atoms with van der Waals surface area (Å²) in [7, 11) is 0. The topological polar surface area (TPSA) is 141 Å². The molecule has 0 spiro atoms. The third-order valence-corrected chi connectivity index (χ3v) is 4.99. The molecule has 2 rings (SSSR count). The Labute approximate surface area is 171 Å². The number of non-ortho nitro benzene ring substituents is 1. The molecule has 0 bridgehead atoms. The number of nitro groups is 3. The molecule has 0 heterocycles. The fourth-order valence-corrected chi connectivity index (χ4v) is 3.23. The van der Waals surface area contributed by atoms with Gasteiger partial charge in [-0.1, -0.05) is 11.6 Å². The number of alkyl halides is 3. The Balaban J connectivity index is 2.82. The molecule has 0 atom stereocenters. The monoisotopic (exact) mass is 498 g/mol. The number of halogens is 5. The van der Waals surface area contributed by atoms with Crippen molar-refractivity contribution in [3.05, 3.63) is 69.2 Å². The zero-order valence-corrected chi connectivity index (χ0v) is 16.3.